The number of aromatic nitrogens is 2. The molecule has 0 fully saturated rings. The molecule has 1 aliphatic rings. The summed E-state index contributed by atoms with van der Waals surface area (Å²) in [5.74, 6) is -2.10. The van der Waals surface area contributed by atoms with Crippen LogP contribution in [0.5, 0.6) is 0 Å². The zero-order valence-electron chi connectivity index (χ0n) is 27.6. The number of carbonyl (C=O) groups excluding carboxylic acids is 2. The van der Waals surface area contributed by atoms with E-state index >= 15 is 0 Å². The van der Waals surface area contributed by atoms with Crippen molar-refractivity contribution >= 4 is 22.0 Å². The molecule has 1 aromatic heterocycles. The van der Waals surface area contributed by atoms with Crippen LogP contribution in [0.2, 0.25) is 0 Å². The van der Waals surface area contributed by atoms with Gasteiger partial charge in [-0.05, 0) is 79.7 Å². The topological polar surface area (TPSA) is 120 Å². The largest absolute Gasteiger partial charge is 0.457 e. The highest BCUT2D eigenvalue weighted by Crippen LogP contribution is 2.44. The van der Waals surface area contributed by atoms with E-state index in [0.29, 0.717) is 28.2 Å². The first-order chi connectivity index (χ1) is 20.8. The average Bonchev–Trinajstić information content (AvgIpc) is 3.36. The molecule has 10 nitrogen and oxygen atoms in total. The van der Waals surface area contributed by atoms with Crippen LogP contribution in [0.25, 0.3) is 16.9 Å². The van der Waals surface area contributed by atoms with E-state index in [-0.39, 0.29) is 16.0 Å². The molecule has 0 amide bonds. The zero-order chi connectivity index (χ0) is 33.5. The van der Waals surface area contributed by atoms with E-state index in [9.17, 15) is 18.0 Å². The molecular formula is C34H42N4O6S. The van der Waals surface area contributed by atoms with Gasteiger partial charge in [0.25, 0.3) is 0 Å². The van der Waals surface area contributed by atoms with Crippen molar-refractivity contribution in [2.75, 3.05) is 14.1 Å². The van der Waals surface area contributed by atoms with Crippen LogP contribution in [-0.4, -0.2) is 59.7 Å². The van der Waals surface area contributed by atoms with Crippen molar-refractivity contribution < 1.29 is 27.5 Å². The molecule has 45 heavy (non-hydrogen) atoms. The minimum atomic E-state index is -3.67. The van der Waals surface area contributed by atoms with Gasteiger partial charge in [0.05, 0.1) is 33.3 Å². The molecule has 3 aromatic rings. The van der Waals surface area contributed by atoms with E-state index in [1.807, 2.05) is 30.3 Å². The fourth-order valence-electron chi connectivity index (χ4n) is 5.04. The van der Waals surface area contributed by atoms with Gasteiger partial charge in [-0.25, -0.2) is 27.0 Å². The van der Waals surface area contributed by atoms with Gasteiger partial charge in [0, 0.05) is 42.8 Å². The number of ether oxygens (including phenoxy) is 2. The summed E-state index contributed by atoms with van der Waals surface area (Å²) in [6, 6.07) is 15.8. The summed E-state index contributed by atoms with van der Waals surface area (Å²) >= 11 is 0. The normalized spacial score (nSPS) is 14.9. The lowest BCUT2D eigenvalue weighted by Gasteiger charge is -2.33. The number of allylic oxidation sites excluding steroid dienone is 2. The van der Waals surface area contributed by atoms with Gasteiger partial charge < -0.3 is 14.8 Å². The molecule has 11 heteroatoms. The quantitative estimate of drug-likeness (QED) is 0.329. The Balaban J connectivity index is 2.02. The molecular weight excluding hydrogens is 592 g/mol. The first-order valence-electron chi connectivity index (χ1n) is 14.6. The predicted octanol–water partition coefficient (Wildman–Crippen LogP) is 5.71. The van der Waals surface area contributed by atoms with E-state index in [0.717, 1.165) is 9.99 Å². The van der Waals surface area contributed by atoms with Gasteiger partial charge in [-0.3, -0.25) is 0 Å². The molecule has 0 saturated heterocycles. The Morgan fingerprint density at radius 1 is 0.822 bits per heavy atom. The second-order valence-electron chi connectivity index (χ2n) is 13.2. The Hall–Kier alpha value is -4.22. The Morgan fingerprint density at radius 2 is 1.31 bits per heavy atom. The molecule has 2 heterocycles. The van der Waals surface area contributed by atoms with Crippen molar-refractivity contribution in [1.29, 1.82) is 0 Å². The summed E-state index contributed by atoms with van der Waals surface area (Å²) in [5.41, 5.74) is 2.31. The summed E-state index contributed by atoms with van der Waals surface area (Å²) in [4.78, 5) is 28.0. The number of esters is 2. The van der Waals surface area contributed by atoms with Gasteiger partial charge in [0.1, 0.15) is 11.2 Å². The Bertz CT molecular complexity index is 1720. The van der Waals surface area contributed by atoms with Crippen molar-refractivity contribution in [2.24, 2.45) is 0 Å². The number of rotatable bonds is 7. The van der Waals surface area contributed by atoms with Gasteiger partial charge in [-0.1, -0.05) is 30.3 Å². The Kier molecular flexibility index (Phi) is 9.19. The molecule has 0 bridgehead atoms. The minimum absolute atomic E-state index is 0.123. The van der Waals surface area contributed by atoms with Gasteiger partial charge in [0.2, 0.25) is 10.0 Å². The van der Waals surface area contributed by atoms with Crippen LogP contribution in [0.4, 0.5) is 0 Å². The third kappa shape index (κ3) is 7.37. The molecule has 0 atom stereocenters. The number of carbonyl (C=O) groups is 2. The molecule has 240 valence electrons. The van der Waals surface area contributed by atoms with Crippen LogP contribution < -0.4 is 5.32 Å². The minimum Gasteiger partial charge on any atom is -0.457 e. The highest BCUT2D eigenvalue weighted by molar-refractivity contribution is 7.89. The van der Waals surface area contributed by atoms with Crippen LogP contribution in [0.1, 0.15) is 66.9 Å². The summed E-state index contributed by atoms with van der Waals surface area (Å²) in [6.07, 6.45) is 1.79. The first kappa shape index (κ1) is 33.7. The predicted molar refractivity (Wildman–Crippen MR) is 173 cm³/mol. The van der Waals surface area contributed by atoms with E-state index in [1.54, 1.807) is 78.4 Å². The molecule has 0 aliphatic carbocycles. The van der Waals surface area contributed by atoms with Gasteiger partial charge in [0.15, 0.2) is 0 Å². The molecule has 1 aliphatic heterocycles. The standard InChI is InChI=1S/C34H42N4O6S/c1-21-27(31(39)43-33(3,4)5)29(28(22(2)35-21)32(40)44-34(6,7)8)26-20-38(24-14-12-11-13-15-24)36-30(26)23-16-18-25(19-17-23)45(41,42)37(9)10/h11-20,29,35H,1-10H3. The van der Waals surface area contributed by atoms with E-state index in [4.69, 9.17) is 14.6 Å². The number of dihydropyridines is 1. The summed E-state index contributed by atoms with van der Waals surface area (Å²) in [6.45, 7) is 14.2. The molecule has 0 unspecified atom stereocenters. The smallest absolute Gasteiger partial charge is 0.337 e. The molecule has 0 saturated carbocycles. The second kappa shape index (κ2) is 12.3. The van der Waals surface area contributed by atoms with E-state index in [2.05, 4.69) is 5.32 Å². The van der Waals surface area contributed by atoms with Crippen LogP contribution in [0.3, 0.4) is 0 Å². The van der Waals surface area contributed by atoms with Crippen molar-refractivity contribution in [3.63, 3.8) is 0 Å². The summed E-state index contributed by atoms with van der Waals surface area (Å²) in [5, 5.41) is 8.13. The number of sulfonamides is 1. The fraction of sp³-hybridized carbons (Fsp3) is 0.382. The van der Waals surface area contributed by atoms with E-state index < -0.39 is 39.1 Å². The highest BCUT2D eigenvalue weighted by Gasteiger charge is 2.42. The lowest BCUT2D eigenvalue weighted by atomic mass is 9.79. The maximum absolute atomic E-state index is 13.9. The third-order valence-electron chi connectivity index (χ3n) is 6.98. The number of hydrogen-bond acceptors (Lipinski definition) is 8. The first-order valence-corrected chi connectivity index (χ1v) is 16.1. The fourth-order valence-corrected chi connectivity index (χ4v) is 5.95. The SMILES string of the molecule is CC1=C(C(=O)OC(C)(C)C)C(c2cn(-c3ccccc3)nc2-c2ccc(S(=O)(=O)N(C)C)cc2)C(C(=O)OC(C)(C)C)=C(C)N1. The lowest BCUT2D eigenvalue weighted by molar-refractivity contribution is -0.150. The lowest BCUT2D eigenvalue weighted by Crippen LogP contribution is -2.36. The molecule has 2 aromatic carbocycles. The Labute approximate surface area is 265 Å². The number of hydrogen-bond donors (Lipinski definition) is 1. The van der Waals surface area contributed by atoms with Gasteiger partial charge in [-0.15, -0.1) is 0 Å². The second-order valence-corrected chi connectivity index (χ2v) is 15.3. The summed E-state index contributed by atoms with van der Waals surface area (Å²) < 4.78 is 40.2. The number of nitrogens with zero attached hydrogens (tertiary/aromatic N) is 3. The third-order valence-corrected chi connectivity index (χ3v) is 8.81. The van der Waals surface area contributed by atoms with Crippen LogP contribution in [0, 0.1) is 0 Å². The van der Waals surface area contributed by atoms with E-state index in [1.165, 1.54) is 26.2 Å². The van der Waals surface area contributed by atoms with Gasteiger partial charge >= 0.3 is 11.9 Å². The zero-order valence-corrected chi connectivity index (χ0v) is 28.4. The monoisotopic (exact) mass is 634 g/mol. The Morgan fingerprint density at radius 3 is 1.76 bits per heavy atom. The van der Waals surface area contributed by atoms with Gasteiger partial charge in [-0.2, -0.15) is 5.10 Å². The average molecular weight is 635 g/mol. The molecule has 1 N–H and O–H groups in total. The van der Waals surface area contributed by atoms with Crippen molar-refractivity contribution in [1.82, 2.24) is 19.4 Å². The molecule has 0 spiro atoms. The maximum atomic E-state index is 13.9. The van der Waals surface area contributed by atoms with Crippen molar-refractivity contribution in [3.05, 3.63) is 88.9 Å². The van der Waals surface area contributed by atoms with Crippen LogP contribution in [-0.2, 0) is 29.1 Å². The number of para-hydroxylation sites is 1. The number of nitrogens with one attached hydrogen (secondary N) is 1. The van der Waals surface area contributed by atoms with Crippen LogP contribution in [0.15, 0.2) is 88.2 Å². The maximum Gasteiger partial charge on any atom is 0.337 e. The molecule has 0 radical (unpaired) electrons. The highest BCUT2D eigenvalue weighted by atomic mass is 32.2. The summed E-state index contributed by atoms with van der Waals surface area (Å²) in [7, 11) is -0.728. The van der Waals surface area contributed by atoms with Crippen LogP contribution >= 0.6 is 0 Å². The van der Waals surface area contributed by atoms with Crippen molar-refractivity contribution in [2.45, 2.75) is 77.4 Å². The molecule has 4 rings (SSSR count). The van der Waals surface area contributed by atoms with Crippen molar-refractivity contribution in [3.8, 4) is 16.9 Å². The number of benzene rings is 2.